The van der Waals surface area contributed by atoms with E-state index >= 15 is 0 Å². The Bertz CT molecular complexity index is 297. The molecule has 76 valence electrons. The molecule has 0 radical (unpaired) electrons. The zero-order valence-electron chi connectivity index (χ0n) is 7.98. The zero-order chi connectivity index (χ0) is 10.6. The predicted octanol–water partition coefficient (Wildman–Crippen LogP) is 2.11. The minimum atomic E-state index is -0.774. The molecule has 1 aromatic carbocycles. The van der Waals surface area contributed by atoms with Gasteiger partial charge in [-0.25, -0.2) is 0 Å². The van der Waals surface area contributed by atoms with Crippen molar-refractivity contribution < 1.29 is 9.90 Å². The third kappa shape index (κ3) is 2.56. The van der Waals surface area contributed by atoms with Gasteiger partial charge in [-0.1, -0.05) is 37.3 Å². The summed E-state index contributed by atoms with van der Waals surface area (Å²) in [5, 5.41) is 9.41. The summed E-state index contributed by atoms with van der Waals surface area (Å²) in [5.74, 6) is -0.437. The fourth-order valence-electron chi connectivity index (χ4n) is 1.17. The quantitative estimate of drug-likeness (QED) is 0.613. The molecule has 0 heterocycles. The first-order valence-corrected chi connectivity index (χ1v) is 5.03. The van der Waals surface area contributed by atoms with E-state index in [1.807, 2.05) is 6.07 Å². The zero-order valence-corrected chi connectivity index (χ0v) is 8.74. The first-order chi connectivity index (χ1) is 6.66. The highest BCUT2D eigenvalue weighted by atomic mass is 35.5. The van der Waals surface area contributed by atoms with Crippen molar-refractivity contribution in [2.75, 3.05) is 5.88 Å². The van der Waals surface area contributed by atoms with Crippen LogP contribution in [-0.2, 0) is 0 Å². The number of rotatable bonds is 4. The van der Waals surface area contributed by atoms with Crippen molar-refractivity contribution in [1.29, 1.82) is 0 Å². The highest BCUT2D eigenvalue weighted by Crippen LogP contribution is 2.13. The fraction of sp³-hybridized carbons (Fsp3) is 0.364. The molecule has 1 aromatic rings. The van der Waals surface area contributed by atoms with Crippen LogP contribution in [-0.4, -0.2) is 22.9 Å². The van der Waals surface area contributed by atoms with Gasteiger partial charge in [0.15, 0.2) is 5.78 Å². The Kier molecular flexibility index (Phi) is 4.11. The van der Waals surface area contributed by atoms with E-state index in [0.29, 0.717) is 5.56 Å². The van der Waals surface area contributed by atoms with Crippen LogP contribution in [0.5, 0.6) is 0 Å². The number of halogens is 1. The van der Waals surface area contributed by atoms with Crippen LogP contribution < -0.4 is 0 Å². The van der Waals surface area contributed by atoms with Gasteiger partial charge in [-0.3, -0.25) is 4.79 Å². The number of Topliss-reactive ketones (excluding diaryl/α,β-unsaturated/α-hetero) is 1. The summed E-state index contributed by atoms with van der Waals surface area (Å²) in [6.45, 7) is 1.68. The second-order valence-electron chi connectivity index (χ2n) is 3.24. The van der Waals surface area contributed by atoms with Gasteiger partial charge in [-0.05, 0) is 0 Å². The van der Waals surface area contributed by atoms with E-state index in [2.05, 4.69) is 0 Å². The van der Waals surface area contributed by atoms with Crippen molar-refractivity contribution in [2.45, 2.75) is 13.0 Å². The van der Waals surface area contributed by atoms with Crippen molar-refractivity contribution >= 4 is 17.4 Å². The summed E-state index contributed by atoms with van der Waals surface area (Å²) in [5.41, 5.74) is 0.615. The number of aliphatic hydroxyl groups is 1. The van der Waals surface area contributed by atoms with Gasteiger partial charge in [0.25, 0.3) is 0 Å². The van der Waals surface area contributed by atoms with E-state index in [1.165, 1.54) is 0 Å². The number of benzene rings is 1. The molecule has 0 saturated heterocycles. The molecule has 1 rings (SSSR count). The molecule has 0 saturated carbocycles. The van der Waals surface area contributed by atoms with Crippen LogP contribution in [0.4, 0.5) is 0 Å². The van der Waals surface area contributed by atoms with Gasteiger partial charge in [0.1, 0.15) is 0 Å². The number of carbonyl (C=O) groups is 1. The Labute approximate surface area is 88.5 Å². The predicted molar refractivity (Wildman–Crippen MR) is 56.7 cm³/mol. The van der Waals surface area contributed by atoms with Crippen LogP contribution in [0.3, 0.4) is 0 Å². The average Bonchev–Trinajstić information content (AvgIpc) is 2.27. The van der Waals surface area contributed by atoms with E-state index in [9.17, 15) is 9.90 Å². The van der Waals surface area contributed by atoms with Crippen LogP contribution in [0.1, 0.15) is 17.3 Å². The summed E-state index contributed by atoms with van der Waals surface area (Å²) >= 11 is 5.48. The third-order valence-electron chi connectivity index (χ3n) is 2.21. The summed E-state index contributed by atoms with van der Waals surface area (Å²) in [6, 6.07) is 8.92. The molecule has 0 aliphatic carbocycles. The van der Waals surface area contributed by atoms with Gasteiger partial charge in [-0.15, -0.1) is 11.6 Å². The van der Waals surface area contributed by atoms with Gasteiger partial charge >= 0.3 is 0 Å². The summed E-state index contributed by atoms with van der Waals surface area (Å²) < 4.78 is 0. The number of ketones is 1. The smallest absolute Gasteiger partial charge is 0.168 e. The van der Waals surface area contributed by atoms with E-state index < -0.39 is 12.0 Å². The molecule has 2 atom stereocenters. The highest BCUT2D eigenvalue weighted by Gasteiger charge is 2.21. The lowest BCUT2D eigenvalue weighted by Crippen LogP contribution is -2.27. The van der Waals surface area contributed by atoms with Crippen molar-refractivity contribution in [3.8, 4) is 0 Å². The Morgan fingerprint density at radius 3 is 2.50 bits per heavy atom. The Morgan fingerprint density at radius 1 is 1.43 bits per heavy atom. The first-order valence-electron chi connectivity index (χ1n) is 4.50. The van der Waals surface area contributed by atoms with E-state index in [1.54, 1.807) is 31.2 Å². The number of hydrogen-bond donors (Lipinski definition) is 1. The maximum absolute atomic E-state index is 11.7. The topological polar surface area (TPSA) is 37.3 Å². The summed E-state index contributed by atoms with van der Waals surface area (Å²) in [6.07, 6.45) is -0.774. The largest absolute Gasteiger partial charge is 0.391 e. The SMILES string of the molecule is C[C@@H](C(=O)c1ccccc1)[C@H](O)CCl. The normalized spacial score (nSPS) is 14.8. The van der Waals surface area contributed by atoms with Crippen molar-refractivity contribution in [3.63, 3.8) is 0 Å². The monoisotopic (exact) mass is 212 g/mol. The molecule has 0 aliphatic rings. The summed E-state index contributed by atoms with van der Waals surface area (Å²) in [7, 11) is 0. The van der Waals surface area contributed by atoms with E-state index in [0.717, 1.165) is 0 Å². The third-order valence-corrected chi connectivity index (χ3v) is 2.52. The number of alkyl halides is 1. The molecule has 0 amide bonds. The molecule has 2 nitrogen and oxygen atoms in total. The van der Waals surface area contributed by atoms with Crippen LogP contribution in [0.15, 0.2) is 30.3 Å². The van der Waals surface area contributed by atoms with Gasteiger partial charge in [-0.2, -0.15) is 0 Å². The molecule has 14 heavy (non-hydrogen) atoms. The maximum atomic E-state index is 11.7. The van der Waals surface area contributed by atoms with E-state index in [-0.39, 0.29) is 11.7 Å². The Hall–Kier alpha value is -0.860. The van der Waals surface area contributed by atoms with Gasteiger partial charge < -0.3 is 5.11 Å². The second kappa shape index (κ2) is 5.13. The van der Waals surface area contributed by atoms with Crippen LogP contribution in [0.25, 0.3) is 0 Å². The Balaban J connectivity index is 2.76. The molecule has 0 spiro atoms. The standard InChI is InChI=1S/C11H13ClO2/c1-8(10(13)7-12)11(14)9-5-3-2-4-6-9/h2-6,8,10,13H,7H2,1H3/t8-,10-/m1/s1. The van der Waals surface area contributed by atoms with Gasteiger partial charge in [0.05, 0.1) is 6.10 Å². The molecular formula is C11H13ClO2. The molecule has 0 fully saturated rings. The minimum absolute atomic E-state index is 0.0706. The lowest BCUT2D eigenvalue weighted by atomic mass is 9.95. The van der Waals surface area contributed by atoms with Gasteiger partial charge in [0.2, 0.25) is 0 Å². The first kappa shape index (κ1) is 11.2. The van der Waals surface area contributed by atoms with Crippen molar-refractivity contribution in [1.82, 2.24) is 0 Å². The second-order valence-corrected chi connectivity index (χ2v) is 3.55. The molecule has 0 unspecified atom stereocenters. The van der Waals surface area contributed by atoms with Gasteiger partial charge in [0, 0.05) is 17.4 Å². The molecule has 0 aromatic heterocycles. The van der Waals surface area contributed by atoms with Crippen molar-refractivity contribution in [2.24, 2.45) is 5.92 Å². The van der Waals surface area contributed by atoms with Crippen LogP contribution in [0, 0.1) is 5.92 Å². The maximum Gasteiger partial charge on any atom is 0.168 e. The number of hydrogen-bond acceptors (Lipinski definition) is 2. The molecular weight excluding hydrogens is 200 g/mol. The molecule has 0 bridgehead atoms. The number of aliphatic hydroxyl groups excluding tert-OH is 1. The van der Waals surface area contributed by atoms with Crippen LogP contribution in [0.2, 0.25) is 0 Å². The van der Waals surface area contributed by atoms with Crippen LogP contribution >= 0.6 is 11.6 Å². The minimum Gasteiger partial charge on any atom is -0.391 e. The summed E-state index contributed by atoms with van der Waals surface area (Å²) in [4.78, 5) is 11.7. The fourth-order valence-corrected chi connectivity index (χ4v) is 1.44. The Morgan fingerprint density at radius 2 is 2.00 bits per heavy atom. The highest BCUT2D eigenvalue weighted by molar-refractivity contribution is 6.18. The average molecular weight is 213 g/mol. The lowest BCUT2D eigenvalue weighted by molar-refractivity contribution is 0.0765. The molecule has 0 aliphatic heterocycles. The lowest BCUT2D eigenvalue weighted by Gasteiger charge is -2.14. The molecule has 1 N–H and O–H groups in total. The number of carbonyl (C=O) groups excluding carboxylic acids is 1. The molecule has 3 heteroatoms. The van der Waals surface area contributed by atoms with E-state index in [4.69, 9.17) is 11.6 Å². The van der Waals surface area contributed by atoms with Crippen molar-refractivity contribution in [3.05, 3.63) is 35.9 Å².